The molecular weight excluding hydrogens is 372 g/mol. The van der Waals surface area contributed by atoms with E-state index in [-0.39, 0.29) is 0 Å². The maximum atomic E-state index is 6.27. The van der Waals surface area contributed by atoms with Crippen LogP contribution in [0.25, 0.3) is 0 Å². The van der Waals surface area contributed by atoms with Gasteiger partial charge in [0.2, 0.25) is 0 Å². The lowest BCUT2D eigenvalue weighted by Crippen LogP contribution is -2.43. The van der Waals surface area contributed by atoms with Gasteiger partial charge in [0.15, 0.2) is 0 Å². The molecule has 5 nitrogen and oxygen atoms in total. The number of halogens is 1. The van der Waals surface area contributed by atoms with Crippen molar-refractivity contribution in [2.24, 2.45) is 5.92 Å². The summed E-state index contributed by atoms with van der Waals surface area (Å²) in [7, 11) is 0. The minimum absolute atomic E-state index is 0.306. The van der Waals surface area contributed by atoms with Crippen LogP contribution in [0.5, 0.6) is 0 Å². The summed E-state index contributed by atoms with van der Waals surface area (Å²) in [6.45, 7) is 6.33. The van der Waals surface area contributed by atoms with E-state index in [1.165, 1.54) is 11.1 Å². The largest absolute Gasteiger partial charge is 0.379 e. The zero-order valence-corrected chi connectivity index (χ0v) is 16.9. The van der Waals surface area contributed by atoms with Crippen molar-refractivity contribution in [1.82, 2.24) is 21.1 Å². The maximum absolute atomic E-state index is 6.27. The highest BCUT2D eigenvalue weighted by molar-refractivity contribution is 6.30. The Kier molecular flexibility index (Phi) is 6.96. The van der Waals surface area contributed by atoms with Gasteiger partial charge in [0.25, 0.3) is 0 Å². The van der Waals surface area contributed by atoms with E-state index in [2.05, 4.69) is 63.5 Å². The predicted molar refractivity (Wildman–Crippen MR) is 113 cm³/mol. The molecule has 28 heavy (non-hydrogen) atoms. The third kappa shape index (κ3) is 4.92. The second kappa shape index (κ2) is 9.83. The molecule has 3 unspecified atom stereocenters. The van der Waals surface area contributed by atoms with Crippen LogP contribution in [0.15, 0.2) is 54.6 Å². The Morgan fingerprint density at radius 1 is 1.11 bits per heavy atom. The highest BCUT2D eigenvalue weighted by Gasteiger charge is 2.29. The van der Waals surface area contributed by atoms with Crippen LogP contribution < -0.4 is 16.2 Å². The fraction of sp³-hybridized carbons (Fsp3) is 0.455. The highest BCUT2D eigenvalue weighted by Crippen LogP contribution is 2.26. The summed E-state index contributed by atoms with van der Waals surface area (Å²) in [6, 6.07) is 19.6. The zero-order chi connectivity index (χ0) is 19.2. The molecule has 3 atom stereocenters. The average molecular weight is 401 g/mol. The van der Waals surface area contributed by atoms with E-state index in [0.29, 0.717) is 18.0 Å². The predicted octanol–water partition coefficient (Wildman–Crippen LogP) is 2.77. The van der Waals surface area contributed by atoms with Crippen molar-refractivity contribution in [3.05, 3.63) is 70.7 Å². The van der Waals surface area contributed by atoms with Gasteiger partial charge >= 0.3 is 0 Å². The molecule has 4 rings (SSSR count). The van der Waals surface area contributed by atoms with Crippen LogP contribution in [-0.4, -0.2) is 50.8 Å². The molecular formula is C22H29ClN4O. The van der Waals surface area contributed by atoms with Gasteiger partial charge < -0.3 is 10.1 Å². The first-order chi connectivity index (χ1) is 13.8. The number of benzene rings is 2. The molecule has 2 saturated heterocycles. The Balaban J connectivity index is 1.40. The normalized spacial score (nSPS) is 24.3. The van der Waals surface area contributed by atoms with Gasteiger partial charge in [-0.1, -0.05) is 54.1 Å². The first-order valence-electron chi connectivity index (χ1n) is 10.1. The fourth-order valence-corrected chi connectivity index (χ4v) is 4.41. The summed E-state index contributed by atoms with van der Waals surface area (Å²) in [6.07, 6.45) is 0. The van der Waals surface area contributed by atoms with Gasteiger partial charge in [-0.25, -0.2) is 5.43 Å². The van der Waals surface area contributed by atoms with E-state index < -0.39 is 0 Å². The Labute approximate surface area is 172 Å². The Morgan fingerprint density at radius 2 is 1.93 bits per heavy atom. The van der Waals surface area contributed by atoms with Crippen LogP contribution in [0.1, 0.15) is 23.2 Å². The van der Waals surface area contributed by atoms with Crippen molar-refractivity contribution in [3.8, 4) is 0 Å². The number of hydrogen-bond acceptors (Lipinski definition) is 5. The number of ether oxygens (including phenoxy) is 1. The maximum Gasteiger partial charge on any atom is 0.0594 e. The molecule has 2 heterocycles. The van der Waals surface area contributed by atoms with Crippen LogP contribution in [0.2, 0.25) is 5.02 Å². The van der Waals surface area contributed by atoms with Crippen LogP contribution >= 0.6 is 11.6 Å². The van der Waals surface area contributed by atoms with Gasteiger partial charge in [0.05, 0.1) is 19.3 Å². The van der Waals surface area contributed by atoms with E-state index in [1.54, 1.807) is 0 Å². The molecule has 0 spiro atoms. The lowest BCUT2D eigenvalue weighted by Gasteiger charge is -2.35. The smallest absolute Gasteiger partial charge is 0.0594 e. The zero-order valence-electron chi connectivity index (χ0n) is 16.1. The molecule has 0 saturated carbocycles. The van der Waals surface area contributed by atoms with Crippen molar-refractivity contribution >= 4 is 11.6 Å². The second-order valence-corrected chi connectivity index (χ2v) is 7.99. The topological polar surface area (TPSA) is 48.6 Å². The molecule has 3 N–H and O–H groups in total. The molecule has 2 aliphatic heterocycles. The van der Waals surface area contributed by atoms with Gasteiger partial charge in [0.1, 0.15) is 0 Å². The number of hydrogen-bond donors (Lipinski definition) is 3. The standard InChI is InChI=1S/C22H29ClN4O/c23-20-8-4-7-18(13-20)21(27-9-11-28-12-10-27)16-24-14-19-15-25-26-22(19)17-5-2-1-3-6-17/h1-8,13,19,21-22,24-26H,9-12,14-16H2. The summed E-state index contributed by atoms with van der Waals surface area (Å²) in [5.74, 6) is 0.507. The Hall–Kier alpha value is -1.47. The van der Waals surface area contributed by atoms with Crippen LogP contribution in [0, 0.1) is 5.92 Å². The second-order valence-electron chi connectivity index (χ2n) is 7.55. The van der Waals surface area contributed by atoms with Gasteiger partial charge in [-0.3, -0.25) is 10.3 Å². The SMILES string of the molecule is Clc1cccc(C(CNCC2CNNC2c2ccccc2)N2CCOCC2)c1. The number of nitrogens with one attached hydrogen (secondary N) is 3. The molecule has 0 amide bonds. The molecule has 0 bridgehead atoms. The molecule has 2 aromatic rings. The quantitative estimate of drug-likeness (QED) is 0.667. The summed E-state index contributed by atoms with van der Waals surface area (Å²) in [5.41, 5.74) is 9.36. The molecule has 6 heteroatoms. The van der Waals surface area contributed by atoms with Gasteiger partial charge in [-0.05, 0) is 23.3 Å². The number of hydrazine groups is 1. The van der Waals surface area contributed by atoms with Crippen molar-refractivity contribution in [1.29, 1.82) is 0 Å². The summed E-state index contributed by atoms with van der Waals surface area (Å²) >= 11 is 6.27. The monoisotopic (exact) mass is 400 g/mol. The number of nitrogens with zero attached hydrogens (tertiary/aromatic N) is 1. The van der Waals surface area contributed by atoms with E-state index in [9.17, 15) is 0 Å². The van der Waals surface area contributed by atoms with E-state index in [0.717, 1.165) is 51.0 Å². The summed E-state index contributed by atoms with van der Waals surface area (Å²) < 4.78 is 5.55. The van der Waals surface area contributed by atoms with Gasteiger partial charge in [-0.2, -0.15) is 0 Å². The molecule has 2 fully saturated rings. The molecule has 0 radical (unpaired) electrons. The summed E-state index contributed by atoms with van der Waals surface area (Å²) in [5, 5.41) is 4.53. The van der Waals surface area contributed by atoms with E-state index in [4.69, 9.17) is 16.3 Å². The minimum atomic E-state index is 0.306. The Morgan fingerprint density at radius 3 is 2.71 bits per heavy atom. The Bertz CT molecular complexity index is 738. The molecule has 0 aromatic heterocycles. The molecule has 150 valence electrons. The minimum Gasteiger partial charge on any atom is -0.379 e. The fourth-order valence-electron chi connectivity index (χ4n) is 4.21. The number of rotatable bonds is 7. The molecule has 0 aliphatic carbocycles. The summed E-state index contributed by atoms with van der Waals surface area (Å²) in [4.78, 5) is 2.50. The number of morpholine rings is 1. The van der Waals surface area contributed by atoms with Crippen molar-refractivity contribution < 1.29 is 4.74 Å². The third-order valence-corrected chi connectivity index (χ3v) is 5.95. The van der Waals surface area contributed by atoms with E-state index >= 15 is 0 Å². The first-order valence-corrected chi connectivity index (χ1v) is 10.5. The van der Waals surface area contributed by atoms with E-state index in [1.807, 2.05) is 12.1 Å². The van der Waals surface area contributed by atoms with Crippen molar-refractivity contribution in [3.63, 3.8) is 0 Å². The molecule has 2 aliphatic rings. The van der Waals surface area contributed by atoms with Crippen molar-refractivity contribution in [2.75, 3.05) is 45.9 Å². The van der Waals surface area contributed by atoms with Gasteiger partial charge in [-0.15, -0.1) is 0 Å². The van der Waals surface area contributed by atoms with Crippen molar-refractivity contribution in [2.45, 2.75) is 12.1 Å². The van der Waals surface area contributed by atoms with Gasteiger partial charge in [0, 0.05) is 49.7 Å². The van der Waals surface area contributed by atoms with Crippen LogP contribution in [0.3, 0.4) is 0 Å². The average Bonchev–Trinajstić information content (AvgIpc) is 3.21. The van der Waals surface area contributed by atoms with Crippen LogP contribution in [0.4, 0.5) is 0 Å². The lowest BCUT2D eigenvalue weighted by molar-refractivity contribution is 0.0160. The lowest BCUT2D eigenvalue weighted by atomic mass is 9.94. The first kappa shape index (κ1) is 19.8. The van der Waals surface area contributed by atoms with Crippen LogP contribution in [-0.2, 0) is 4.74 Å². The highest BCUT2D eigenvalue weighted by atomic mass is 35.5. The third-order valence-electron chi connectivity index (χ3n) is 5.72. The molecule has 2 aromatic carbocycles.